The Balaban J connectivity index is 0.00000364. The Kier molecular flexibility index (Phi) is 11.3. The second-order valence-corrected chi connectivity index (χ2v) is 5.63. The van der Waals surface area contributed by atoms with Gasteiger partial charge in [-0.2, -0.15) is 0 Å². The smallest absolute Gasteiger partial charge is 0.191 e. The van der Waals surface area contributed by atoms with Gasteiger partial charge in [-0.15, -0.1) is 24.0 Å². The zero-order chi connectivity index (χ0) is 18.6. The molecule has 0 saturated heterocycles. The van der Waals surface area contributed by atoms with E-state index in [9.17, 15) is 0 Å². The molecule has 0 saturated carbocycles. The maximum Gasteiger partial charge on any atom is 0.191 e. The van der Waals surface area contributed by atoms with Crippen molar-refractivity contribution in [2.24, 2.45) is 4.99 Å². The molecule has 0 atom stereocenters. The van der Waals surface area contributed by atoms with E-state index in [2.05, 4.69) is 33.8 Å². The standard InChI is InChI=1S/C20H27N3O3.HI/c1-21-20(23-14-16-5-4-6-17(13-16)15-24-2)22-11-12-26-19-9-7-18(25-3)8-10-19;/h4-10,13H,11-12,14-15H2,1-3H3,(H2,21,22,23);1H. The number of rotatable bonds is 9. The highest BCUT2D eigenvalue weighted by Crippen LogP contribution is 2.16. The molecule has 0 aliphatic carbocycles. The largest absolute Gasteiger partial charge is 0.497 e. The first-order chi connectivity index (χ1) is 12.7. The summed E-state index contributed by atoms with van der Waals surface area (Å²) in [5, 5.41) is 6.53. The molecule has 0 aliphatic heterocycles. The van der Waals surface area contributed by atoms with Gasteiger partial charge in [0.2, 0.25) is 0 Å². The number of nitrogens with zero attached hydrogens (tertiary/aromatic N) is 1. The molecule has 2 aromatic carbocycles. The van der Waals surface area contributed by atoms with Gasteiger partial charge in [0.15, 0.2) is 5.96 Å². The minimum absolute atomic E-state index is 0. The van der Waals surface area contributed by atoms with Crippen molar-refractivity contribution in [3.63, 3.8) is 0 Å². The van der Waals surface area contributed by atoms with Crippen LogP contribution in [0.25, 0.3) is 0 Å². The minimum Gasteiger partial charge on any atom is -0.497 e. The van der Waals surface area contributed by atoms with Crippen LogP contribution < -0.4 is 20.1 Å². The van der Waals surface area contributed by atoms with E-state index in [0.717, 1.165) is 23.0 Å². The first-order valence-electron chi connectivity index (χ1n) is 8.53. The highest BCUT2D eigenvalue weighted by atomic mass is 127. The van der Waals surface area contributed by atoms with Gasteiger partial charge in [-0.1, -0.05) is 24.3 Å². The number of ether oxygens (including phenoxy) is 3. The van der Waals surface area contributed by atoms with Gasteiger partial charge >= 0.3 is 0 Å². The average Bonchev–Trinajstić information content (AvgIpc) is 2.68. The number of halogens is 1. The van der Waals surface area contributed by atoms with Gasteiger partial charge in [0.1, 0.15) is 18.1 Å². The van der Waals surface area contributed by atoms with E-state index < -0.39 is 0 Å². The topological polar surface area (TPSA) is 64.1 Å². The highest BCUT2D eigenvalue weighted by Gasteiger charge is 2.00. The fraction of sp³-hybridized carbons (Fsp3) is 0.350. The monoisotopic (exact) mass is 485 g/mol. The number of benzene rings is 2. The summed E-state index contributed by atoms with van der Waals surface area (Å²) in [5.74, 6) is 2.36. The van der Waals surface area contributed by atoms with Crippen molar-refractivity contribution in [1.29, 1.82) is 0 Å². The SMILES string of the molecule is CN=C(NCCOc1ccc(OC)cc1)NCc1cccc(COC)c1.I. The van der Waals surface area contributed by atoms with Crippen LogP contribution in [-0.4, -0.2) is 40.4 Å². The third-order valence-electron chi connectivity index (χ3n) is 3.71. The first kappa shape index (κ1) is 23.0. The number of nitrogens with one attached hydrogen (secondary N) is 2. The molecule has 2 rings (SSSR count). The van der Waals surface area contributed by atoms with E-state index >= 15 is 0 Å². The van der Waals surface area contributed by atoms with Gasteiger partial charge < -0.3 is 24.8 Å². The van der Waals surface area contributed by atoms with Crippen molar-refractivity contribution in [3.05, 3.63) is 59.7 Å². The molecule has 0 aliphatic rings. The Hall–Kier alpha value is -2.00. The number of hydrogen-bond acceptors (Lipinski definition) is 4. The quantitative estimate of drug-likeness (QED) is 0.247. The van der Waals surface area contributed by atoms with Gasteiger partial charge in [-0.25, -0.2) is 0 Å². The van der Waals surface area contributed by atoms with E-state index in [-0.39, 0.29) is 24.0 Å². The molecule has 0 spiro atoms. The summed E-state index contributed by atoms with van der Waals surface area (Å²) in [6.45, 7) is 2.49. The molecular weight excluding hydrogens is 457 g/mol. The summed E-state index contributed by atoms with van der Waals surface area (Å²) in [7, 11) is 5.10. The van der Waals surface area contributed by atoms with Gasteiger partial charge in [-0.3, -0.25) is 4.99 Å². The van der Waals surface area contributed by atoms with Crippen molar-refractivity contribution in [1.82, 2.24) is 10.6 Å². The lowest BCUT2D eigenvalue weighted by Gasteiger charge is -2.13. The molecule has 27 heavy (non-hydrogen) atoms. The summed E-state index contributed by atoms with van der Waals surface area (Å²) in [6.07, 6.45) is 0. The Morgan fingerprint density at radius 2 is 1.67 bits per heavy atom. The summed E-state index contributed by atoms with van der Waals surface area (Å²) in [6, 6.07) is 15.8. The van der Waals surface area contributed by atoms with Gasteiger partial charge in [-0.05, 0) is 35.4 Å². The third kappa shape index (κ3) is 8.49. The second kappa shape index (κ2) is 13.2. The van der Waals surface area contributed by atoms with Crippen molar-refractivity contribution in [2.75, 3.05) is 34.4 Å². The molecule has 0 fully saturated rings. The summed E-state index contributed by atoms with van der Waals surface area (Å²) in [5.41, 5.74) is 2.33. The zero-order valence-corrected chi connectivity index (χ0v) is 18.4. The Morgan fingerprint density at radius 3 is 2.33 bits per heavy atom. The van der Waals surface area contributed by atoms with Gasteiger partial charge in [0.05, 0.1) is 20.3 Å². The maximum atomic E-state index is 5.69. The van der Waals surface area contributed by atoms with Crippen molar-refractivity contribution < 1.29 is 14.2 Å². The molecule has 0 aromatic heterocycles. The normalized spacial score (nSPS) is 10.7. The first-order valence-corrected chi connectivity index (χ1v) is 8.53. The number of guanidine groups is 1. The van der Waals surface area contributed by atoms with Crippen LogP contribution in [0.4, 0.5) is 0 Å². The van der Waals surface area contributed by atoms with Crippen LogP contribution in [0.5, 0.6) is 11.5 Å². The lowest BCUT2D eigenvalue weighted by molar-refractivity contribution is 0.185. The molecule has 0 heterocycles. The molecule has 0 bridgehead atoms. The minimum atomic E-state index is 0. The van der Waals surface area contributed by atoms with Gasteiger partial charge in [0.25, 0.3) is 0 Å². The Bertz CT molecular complexity index is 693. The molecule has 2 aromatic rings. The van der Waals surface area contributed by atoms with Crippen LogP contribution in [0.2, 0.25) is 0 Å². The lowest BCUT2D eigenvalue weighted by atomic mass is 10.1. The van der Waals surface area contributed by atoms with E-state index in [1.54, 1.807) is 21.3 Å². The lowest BCUT2D eigenvalue weighted by Crippen LogP contribution is -2.38. The summed E-state index contributed by atoms with van der Waals surface area (Å²) >= 11 is 0. The average molecular weight is 485 g/mol. The van der Waals surface area contributed by atoms with Crippen LogP contribution in [-0.2, 0) is 17.9 Å². The Labute approximate surface area is 178 Å². The molecule has 6 nitrogen and oxygen atoms in total. The van der Waals surface area contributed by atoms with Crippen LogP contribution in [0.3, 0.4) is 0 Å². The summed E-state index contributed by atoms with van der Waals surface area (Å²) in [4.78, 5) is 4.23. The van der Waals surface area contributed by atoms with E-state index in [4.69, 9.17) is 14.2 Å². The van der Waals surface area contributed by atoms with Crippen LogP contribution >= 0.6 is 24.0 Å². The molecular formula is C20H28IN3O3. The number of methoxy groups -OCH3 is 2. The number of aliphatic imine (C=N–C) groups is 1. The predicted molar refractivity (Wildman–Crippen MR) is 119 cm³/mol. The molecule has 0 amide bonds. The predicted octanol–water partition coefficient (Wildman–Crippen LogP) is 3.20. The molecule has 7 heteroatoms. The van der Waals surface area contributed by atoms with E-state index in [1.807, 2.05) is 30.3 Å². The van der Waals surface area contributed by atoms with Crippen LogP contribution in [0, 0.1) is 0 Å². The third-order valence-corrected chi connectivity index (χ3v) is 3.71. The summed E-state index contributed by atoms with van der Waals surface area (Å²) < 4.78 is 16.0. The van der Waals surface area contributed by atoms with Gasteiger partial charge in [0, 0.05) is 20.7 Å². The fourth-order valence-electron chi connectivity index (χ4n) is 2.41. The molecule has 0 unspecified atom stereocenters. The zero-order valence-electron chi connectivity index (χ0n) is 16.0. The number of hydrogen-bond donors (Lipinski definition) is 2. The molecule has 2 N–H and O–H groups in total. The molecule has 0 radical (unpaired) electrons. The maximum absolute atomic E-state index is 5.69. The highest BCUT2D eigenvalue weighted by molar-refractivity contribution is 14.0. The second-order valence-electron chi connectivity index (χ2n) is 5.63. The van der Waals surface area contributed by atoms with E-state index in [0.29, 0.717) is 26.3 Å². The van der Waals surface area contributed by atoms with Crippen molar-refractivity contribution >= 4 is 29.9 Å². The van der Waals surface area contributed by atoms with Crippen LogP contribution in [0.1, 0.15) is 11.1 Å². The van der Waals surface area contributed by atoms with Crippen molar-refractivity contribution in [3.8, 4) is 11.5 Å². The molecule has 148 valence electrons. The fourth-order valence-corrected chi connectivity index (χ4v) is 2.41. The van der Waals surface area contributed by atoms with E-state index in [1.165, 1.54) is 5.56 Å². The van der Waals surface area contributed by atoms with Crippen molar-refractivity contribution in [2.45, 2.75) is 13.2 Å². The Morgan fingerprint density at radius 1 is 0.963 bits per heavy atom. The van der Waals surface area contributed by atoms with Crippen LogP contribution in [0.15, 0.2) is 53.5 Å².